The average Bonchev–Trinajstić information content (AvgIpc) is 2.68. The quantitative estimate of drug-likeness (QED) is 0.479. The van der Waals surface area contributed by atoms with Gasteiger partial charge in [-0.15, -0.1) is 0 Å². The lowest BCUT2D eigenvalue weighted by molar-refractivity contribution is -0.142. The summed E-state index contributed by atoms with van der Waals surface area (Å²) in [4.78, 5) is 25.4. The molecule has 1 saturated carbocycles. The van der Waals surface area contributed by atoms with E-state index in [4.69, 9.17) is 16.2 Å². The number of nitrogens with one attached hydrogen (secondary N) is 2. The van der Waals surface area contributed by atoms with Crippen molar-refractivity contribution in [3.63, 3.8) is 0 Å². The Morgan fingerprint density at radius 1 is 1.04 bits per heavy atom. The molecule has 1 aliphatic carbocycles. The molecule has 1 aromatic rings. The van der Waals surface area contributed by atoms with Gasteiger partial charge in [-0.2, -0.15) is 0 Å². The lowest BCUT2D eigenvalue weighted by atomic mass is 9.86. The maximum Gasteiger partial charge on any atom is 0.317 e. The Hall–Kier alpha value is -2.57. The molecule has 1 heterocycles. The van der Waals surface area contributed by atoms with Crippen molar-refractivity contribution in [2.45, 2.75) is 50.5 Å². The minimum Gasteiger partial charge on any atom is -0.481 e. The summed E-state index contributed by atoms with van der Waals surface area (Å²) in [6.45, 7) is 1.44. The number of nitrogens with zero attached hydrogens (tertiary/aromatic N) is 1. The van der Waals surface area contributed by atoms with E-state index in [2.05, 4.69) is 5.32 Å². The van der Waals surface area contributed by atoms with Gasteiger partial charge in [0, 0.05) is 24.7 Å². The number of carbonyl (C=O) groups excluding carboxylic acids is 1. The largest absolute Gasteiger partial charge is 0.481 e. The van der Waals surface area contributed by atoms with Crippen LogP contribution in [0, 0.1) is 11.3 Å². The zero-order chi connectivity index (χ0) is 19.4. The molecule has 0 atom stereocenters. The number of carboxylic acid groups (broad SMARTS) is 1. The third kappa shape index (κ3) is 4.78. The summed E-state index contributed by atoms with van der Waals surface area (Å²) in [5.41, 5.74) is 7.45. The number of nitrogens with two attached hydrogens (primary N) is 1. The molecule has 0 unspecified atom stereocenters. The summed E-state index contributed by atoms with van der Waals surface area (Å²) < 4.78 is 0. The second kappa shape index (κ2) is 8.41. The van der Waals surface area contributed by atoms with Gasteiger partial charge in [0.2, 0.25) is 0 Å². The topological polar surface area (TPSA) is 120 Å². The molecule has 0 radical (unpaired) electrons. The summed E-state index contributed by atoms with van der Waals surface area (Å²) >= 11 is 0. The van der Waals surface area contributed by atoms with Crippen LogP contribution in [0.2, 0.25) is 0 Å². The van der Waals surface area contributed by atoms with E-state index in [1.54, 1.807) is 0 Å². The molecule has 0 bridgehead atoms. The number of amidine groups is 1. The van der Waals surface area contributed by atoms with Gasteiger partial charge in [-0.05, 0) is 50.0 Å². The Balaban J connectivity index is 1.45. The zero-order valence-corrected chi connectivity index (χ0v) is 15.5. The highest BCUT2D eigenvalue weighted by atomic mass is 16.4. The molecule has 7 nitrogen and oxygen atoms in total. The van der Waals surface area contributed by atoms with Crippen molar-refractivity contribution in [3.05, 3.63) is 35.4 Å². The molecule has 3 rings (SSSR count). The highest BCUT2D eigenvalue weighted by molar-refractivity contribution is 5.94. The number of rotatable bonds is 4. The Morgan fingerprint density at radius 3 is 2.15 bits per heavy atom. The van der Waals surface area contributed by atoms with Crippen LogP contribution >= 0.6 is 0 Å². The van der Waals surface area contributed by atoms with Gasteiger partial charge in [-0.1, -0.05) is 24.3 Å². The van der Waals surface area contributed by atoms with Crippen LogP contribution in [0.4, 0.5) is 4.79 Å². The van der Waals surface area contributed by atoms with E-state index in [-0.39, 0.29) is 23.8 Å². The molecule has 7 heteroatoms. The molecule has 0 aromatic heterocycles. The number of benzene rings is 1. The number of carboxylic acids is 1. The number of aliphatic carboxylic acids is 1. The van der Waals surface area contributed by atoms with Crippen LogP contribution in [0.1, 0.15) is 55.6 Å². The summed E-state index contributed by atoms with van der Waals surface area (Å²) in [6, 6.07) is 7.87. The minimum absolute atomic E-state index is 0.0286. The van der Waals surface area contributed by atoms with Crippen LogP contribution in [0.15, 0.2) is 24.3 Å². The molecule has 2 aliphatic rings. The maximum atomic E-state index is 12.5. The van der Waals surface area contributed by atoms with Crippen molar-refractivity contribution in [2.24, 2.45) is 11.7 Å². The number of likely N-dealkylation sites (tertiary alicyclic amines) is 1. The number of nitrogen functional groups attached to an aromatic ring is 1. The molecule has 1 saturated heterocycles. The highest BCUT2D eigenvalue weighted by Gasteiger charge is 2.29. The molecule has 2 fully saturated rings. The average molecular weight is 372 g/mol. The normalized spacial score (nSPS) is 23.6. The number of urea groups is 1. The van der Waals surface area contributed by atoms with Gasteiger partial charge in [0.15, 0.2) is 0 Å². The van der Waals surface area contributed by atoms with Crippen LogP contribution < -0.4 is 11.1 Å². The van der Waals surface area contributed by atoms with Gasteiger partial charge in [0.05, 0.1) is 5.92 Å². The molecule has 146 valence electrons. The molecule has 27 heavy (non-hydrogen) atoms. The monoisotopic (exact) mass is 372 g/mol. The first-order chi connectivity index (χ1) is 12.9. The minimum atomic E-state index is -0.724. The molecular weight excluding hydrogens is 344 g/mol. The first-order valence-electron chi connectivity index (χ1n) is 9.66. The van der Waals surface area contributed by atoms with Gasteiger partial charge in [-0.3, -0.25) is 10.2 Å². The van der Waals surface area contributed by atoms with E-state index in [0.29, 0.717) is 18.8 Å². The summed E-state index contributed by atoms with van der Waals surface area (Å²) in [6.07, 6.45) is 4.58. The number of hydrogen-bond acceptors (Lipinski definition) is 3. The second-order valence-electron chi connectivity index (χ2n) is 7.63. The van der Waals surface area contributed by atoms with Gasteiger partial charge in [0.1, 0.15) is 5.84 Å². The molecule has 2 amide bonds. The predicted molar refractivity (Wildman–Crippen MR) is 103 cm³/mol. The van der Waals surface area contributed by atoms with Crippen LogP contribution in [0.5, 0.6) is 0 Å². The van der Waals surface area contributed by atoms with Gasteiger partial charge >= 0.3 is 12.0 Å². The van der Waals surface area contributed by atoms with Gasteiger partial charge in [-0.25, -0.2) is 4.79 Å². The van der Waals surface area contributed by atoms with Gasteiger partial charge in [0.25, 0.3) is 0 Å². The van der Waals surface area contributed by atoms with E-state index in [0.717, 1.165) is 44.3 Å². The Labute approximate surface area is 159 Å². The highest BCUT2D eigenvalue weighted by Crippen LogP contribution is 2.29. The van der Waals surface area contributed by atoms with Crippen molar-refractivity contribution in [2.75, 3.05) is 13.1 Å². The van der Waals surface area contributed by atoms with Crippen molar-refractivity contribution in [3.8, 4) is 0 Å². The van der Waals surface area contributed by atoms with Crippen molar-refractivity contribution in [1.29, 1.82) is 5.41 Å². The smallest absolute Gasteiger partial charge is 0.317 e. The van der Waals surface area contributed by atoms with E-state index in [1.165, 1.54) is 5.56 Å². The molecule has 5 N–H and O–H groups in total. The second-order valence-corrected chi connectivity index (χ2v) is 7.63. The van der Waals surface area contributed by atoms with Crippen LogP contribution in [-0.2, 0) is 4.79 Å². The summed E-state index contributed by atoms with van der Waals surface area (Å²) in [5, 5.41) is 19.6. The van der Waals surface area contributed by atoms with Crippen molar-refractivity contribution >= 4 is 17.8 Å². The first-order valence-corrected chi connectivity index (χ1v) is 9.66. The SMILES string of the molecule is N=C(N)c1ccc(C2CCN(C(=O)N[C@H]3CC[C@H](C(=O)O)CC3)CC2)cc1. The van der Waals surface area contributed by atoms with Crippen LogP contribution in [-0.4, -0.2) is 47.0 Å². The van der Waals surface area contributed by atoms with E-state index in [1.807, 2.05) is 29.2 Å². The Kier molecular flexibility index (Phi) is 5.98. The van der Waals surface area contributed by atoms with Crippen LogP contribution in [0.3, 0.4) is 0 Å². The standard InChI is InChI=1S/C20H28N4O3/c21-18(22)15-3-1-13(2-4-15)14-9-11-24(12-10-14)20(27)23-17-7-5-16(6-8-17)19(25)26/h1-4,14,16-17H,5-12H2,(H3,21,22)(H,23,27)(H,25,26)/t16-,17-. The summed E-state index contributed by atoms with van der Waals surface area (Å²) in [7, 11) is 0. The number of carbonyl (C=O) groups is 2. The third-order valence-corrected chi connectivity index (χ3v) is 5.88. The van der Waals surface area contributed by atoms with E-state index < -0.39 is 5.97 Å². The van der Waals surface area contributed by atoms with Crippen molar-refractivity contribution in [1.82, 2.24) is 10.2 Å². The zero-order valence-electron chi connectivity index (χ0n) is 15.5. The number of hydrogen-bond donors (Lipinski definition) is 4. The Bertz CT molecular complexity index is 688. The van der Waals surface area contributed by atoms with E-state index in [9.17, 15) is 9.59 Å². The molecule has 0 spiro atoms. The third-order valence-electron chi connectivity index (χ3n) is 5.88. The molecule has 1 aromatic carbocycles. The van der Waals surface area contributed by atoms with Crippen molar-refractivity contribution < 1.29 is 14.7 Å². The van der Waals surface area contributed by atoms with E-state index >= 15 is 0 Å². The maximum absolute atomic E-state index is 12.5. The number of piperidine rings is 1. The lowest BCUT2D eigenvalue weighted by Crippen LogP contribution is -2.48. The number of amides is 2. The lowest BCUT2D eigenvalue weighted by Gasteiger charge is -2.34. The first kappa shape index (κ1) is 19.2. The molecule has 1 aliphatic heterocycles. The summed E-state index contributed by atoms with van der Waals surface area (Å²) in [5.74, 6) is -0.493. The fourth-order valence-electron chi connectivity index (χ4n) is 4.10. The van der Waals surface area contributed by atoms with Crippen LogP contribution in [0.25, 0.3) is 0 Å². The molecular formula is C20H28N4O3. The Morgan fingerprint density at radius 2 is 1.63 bits per heavy atom. The predicted octanol–water partition coefficient (Wildman–Crippen LogP) is 2.50. The van der Waals surface area contributed by atoms with Gasteiger partial charge < -0.3 is 21.1 Å². The fraction of sp³-hybridized carbons (Fsp3) is 0.550. The fourth-order valence-corrected chi connectivity index (χ4v) is 4.10.